The number of likely N-dealkylation sites (tertiary alicyclic amines) is 1. The second-order valence-electron chi connectivity index (χ2n) is 6.71. The third-order valence-corrected chi connectivity index (χ3v) is 4.68. The summed E-state index contributed by atoms with van der Waals surface area (Å²) in [6.45, 7) is 4.38. The van der Waals surface area contributed by atoms with Gasteiger partial charge in [0, 0.05) is 25.7 Å². The first-order valence-corrected chi connectivity index (χ1v) is 9.04. The quantitative estimate of drug-likeness (QED) is 0.798. The number of nitrogens with zero attached hydrogens (tertiary/aromatic N) is 4. The zero-order valence-electron chi connectivity index (χ0n) is 16.1. The number of carboxylic acid groups (broad SMARTS) is 1. The summed E-state index contributed by atoms with van der Waals surface area (Å²) in [6.07, 6.45) is 3.94. The van der Waals surface area contributed by atoms with E-state index in [0.29, 0.717) is 11.9 Å². The van der Waals surface area contributed by atoms with Crippen molar-refractivity contribution in [2.75, 3.05) is 27.2 Å². The van der Waals surface area contributed by atoms with Crippen molar-refractivity contribution in [3.63, 3.8) is 0 Å². The predicted octanol–water partition coefficient (Wildman–Crippen LogP) is 2.42. The van der Waals surface area contributed by atoms with E-state index in [0.717, 1.165) is 5.56 Å². The smallest absolute Gasteiger partial charge is 0.290 e. The van der Waals surface area contributed by atoms with Crippen molar-refractivity contribution in [3.8, 4) is 11.4 Å². The van der Waals surface area contributed by atoms with Gasteiger partial charge < -0.3 is 10.0 Å². The summed E-state index contributed by atoms with van der Waals surface area (Å²) in [6, 6.07) is 8.76. The number of hydrogen-bond donors (Lipinski definition) is 2. The highest BCUT2D eigenvalue weighted by molar-refractivity contribution is 5.90. The molecular formula is C19H27N5O3. The maximum absolute atomic E-state index is 11.9. The maximum atomic E-state index is 11.9. The Labute approximate surface area is 159 Å². The fourth-order valence-corrected chi connectivity index (χ4v) is 3.13. The molecule has 1 amide bonds. The van der Waals surface area contributed by atoms with Crippen molar-refractivity contribution in [1.82, 2.24) is 25.0 Å². The molecule has 8 heteroatoms. The van der Waals surface area contributed by atoms with E-state index in [1.54, 1.807) is 14.1 Å². The molecule has 1 saturated heterocycles. The van der Waals surface area contributed by atoms with Crippen molar-refractivity contribution < 1.29 is 14.7 Å². The highest BCUT2D eigenvalue weighted by atomic mass is 16.3. The molecule has 2 aromatic rings. The first kappa shape index (κ1) is 20.6. The van der Waals surface area contributed by atoms with Gasteiger partial charge in [-0.05, 0) is 38.4 Å². The van der Waals surface area contributed by atoms with Gasteiger partial charge in [0.25, 0.3) is 12.4 Å². The zero-order chi connectivity index (χ0) is 19.8. The Bertz CT molecular complexity index is 736. The Balaban J connectivity index is 0.000000817. The van der Waals surface area contributed by atoms with Gasteiger partial charge in [-0.3, -0.25) is 19.6 Å². The van der Waals surface area contributed by atoms with Crippen LogP contribution < -0.4 is 0 Å². The molecule has 1 aliphatic heterocycles. The number of aromatic amines is 1. The van der Waals surface area contributed by atoms with Crippen LogP contribution in [0, 0.1) is 0 Å². The molecule has 1 atom stereocenters. The van der Waals surface area contributed by atoms with Crippen LogP contribution in [0.25, 0.3) is 11.4 Å². The van der Waals surface area contributed by atoms with Gasteiger partial charge in [0.1, 0.15) is 0 Å². The third-order valence-electron chi connectivity index (χ3n) is 4.68. The van der Waals surface area contributed by atoms with Crippen LogP contribution in [0.1, 0.15) is 48.4 Å². The minimum atomic E-state index is -0.250. The molecule has 0 spiro atoms. The summed E-state index contributed by atoms with van der Waals surface area (Å²) in [4.78, 5) is 28.6. The average molecular weight is 373 g/mol. The normalized spacial score (nSPS) is 15.4. The number of nitrogens with one attached hydrogen (secondary N) is 1. The molecule has 1 fully saturated rings. The lowest BCUT2D eigenvalue weighted by atomic mass is 10.0. The standard InChI is InChI=1S/C18H25N5O.CH2O2/c1-13(23-11-5-4-6-12-23)14-7-9-15(10-8-14)16-19-17(21-20-16)18(24)22(2)3;2-1-3/h7-10,13H,4-6,11-12H2,1-3H3,(H,19,20,21);1H,(H,2,3). The van der Waals surface area contributed by atoms with Gasteiger partial charge in [-0.2, -0.15) is 5.10 Å². The summed E-state index contributed by atoms with van der Waals surface area (Å²) in [5.41, 5.74) is 2.22. The molecule has 27 heavy (non-hydrogen) atoms. The third kappa shape index (κ3) is 5.37. The largest absolute Gasteiger partial charge is 0.483 e. The van der Waals surface area contributed by atoms with E-state index < -0.39 is 0 Å². The maximum Gasteiger partial charge on any atom is 0.290 e. The van der Waals surface area contributed by atoms with Crippen LogP contribution in [-0.4, -0.2) is 69.7 Å². The first-order valence-electron chi connectivity index (χ1n) is 9.04. The van der Waals surface area contributed by atoms with Crippen LogP contribution in [0.15, 0.2) is 24.3 Å². The van der Waals surface area contributed by atoms with Gasteiger partial charge in [-0.25, -0.2) is 4.98 Å². The SMILES string of the molecule is CC(c1ccc(-c2n[nH]c(C(=O)N(C)C)n2)cc1)N1CCCCC1.O=CO. The monoisotopic (exact) mass is 373 g/mol. The first-order chi connectivity index (χ1) is 13.0. The van der Waals surface area contributed by atoms with Crippen molar-refractivity contribution >= 4 is 12.4 Å². The number of benzene rings is 1. The van der Waals surface area contributed by atoms with Crippen molar-refractivity contribution in [3.05, 3.63) is 35.7 Å². The molecule has 1 aromatic heterocycles. The number of piperidine rings is 1. The number of hydrogen-bond acceptors (Lipinski definition) is 5. The molecule has 3 rings (SSSR count). The molecule has 146 valence electrons. The second-order valence-corrected chi connectivity index (χ2v) is 6.71. The number of aromatic nitrogens is 3. The molecule has 0 aliphatic carbocycles. The highest BCUT2D eigenvalue weighted by Crippen LogP contribution is 2.25. The van der Waals surface area contributed by atoms with Crippen LogP contribution in [0.5, 0.6) is 0 Å². The summed E-state index contributed by atoms with van der Waals surface area (Å²) >= 11 is 0. The van der Waals surface area contributed by atoms with Gasteiger partial charge in [0.05, 0.1) is 0 Å². The Hall–Kier alpha value is -2.74. The Morgan fingerprint density at radius 2 is 1.81 bits per heavy atom. The van der Waals surface area contributed by atoms with Gasteiger partial charge in [0.15, 0.2) is 5.82 Å². The van der Waals surface area contributed by atoms with E-state index in [2.05, 4.69) is 39.1 Å². The molecule has 1 unspecified atom stereocenters. The molecule has 0 radical (unpaired) electrons. The number of carbonyl (C=O) groups excluding carboxylic acids is 1. The van der Waals surface area contributed by atoms with Gasteiger partial charge in [-0.15, -0.1) is 0 Å². The van der Waals surface area contributed by atoms with E-state index in [1.807, 2.05) is 12.1 Å². The topological polar surface area (TPSA) is 102 Å². The summed E-state index contributed by atoms with van der Waals surface area (Å²) in [7, 11) is 3.39. The van der Waals surface area contributed by atoms with Gasteiger partial charge >= 0.3 is 0 Å². The summed E-state index contributed by atoms with van der Waals surface area (Å²) in [5.74, 6) is 0.641. The second kappa shape index (κ2) is 9.82. The number of rotatable bonds is 4. The minimum absolute atomic E-state index is 0.177. The molecule has 0 bridgehead atoms. The summed E-state index contributed by atoms with van der Waals surface area (Å²) in [5, 5.41) is 13.8. The predicted molar refractivity (Wildman–Crippen MR) is 102 cm³/mol. The van der Waals surface area contributed by atoms with Crippen LogP contribution in [0.2, 0.25) is 0 Å². The number of amides is 1. The molecule has 2 heterocycles. The Kier molecular flexibility index (Phi) is 7.48. The van der Waals surface area contributed by atoms with Gasteiger partial charge in [-0.1, -0.05) is 30.7 Å². The number of carbonyl (C=O) groups is 2. The molecule has 2 N–H and O–H groups in total. The van der Waals surface area contributed by atoms with Crippen LogP contribution >= 0.6 is 0 Å². The average Bonchev–Trinajstić information content (AvgIpc) is 3.18. The van der Waals surface area contributed by atoms with Crippen molar-refractivity contribution in [1.29, 1.82) is 0 Å². The van der Waals surface area contributed by atoms with Crippen molar-refractivity contribution in [2.45, 2.75) is 32.2 Å². The molecule has 1 aromatic carbocycles. The number of H-pyrrole nitrogens is 1. The van der Waals surface area contributed by atoms with Crippen molar-refractivity contribution in [2.24, 2.45) is 0 Å². The Morgan fingerprint density at radius 1 is 1.22 bits per heavy atom. The minimum Gasteiger partial charge on any atom is -0.483 e. The molecule has 8 nitrogen and oxygen atoms in total. The van der Waals surface area contributed by atoms with Crippen LogP contribution in [-0.2, 0) is 4.79 Å². The molecule has 0 saturated carbocycles. The van der Waals surface area contributed by atoms with E-state index in [1.165, 1.54) is 42.8 Å². The lowest BCUT2D eigenvalue weighted by Gasteiger charge is -2.32. The van der Waals surface area contributed by atoms with E-state index in [4.69, 9.17) is 9.90 Å². The van der Waals surface area contributed by atoms with Crippen LogP contribution in [0.3, 0.4) is 0 Å². The lowest BCUT2D eigenvalue weighted by Crippen LogP contribution is -2.32. The molecule has 1 aliphatic rings. The lowest BCUT2D eigenvalue weighted by molar-refractivity contribution is -0.122. The van der Waals surface area contributed by atoms with Gasteiger partial charge in [0.2, 0.25) is 5.82 Å². The zero-order valence-corrected chi connectivity index (χ0v) is 16.1. The van der Waals surface area contributed by atoms with Crippen LogP contribution in [0.4, 0.5) is 0 Å². The fraction of sp³-hybridized carbons (Fsp3) is 0.474. The fourth-order valence-electron chi connectivity index (χ4n) is 3.13. The van der Waals surface area contributed by atoms with E-state index in [-0.39, 0.29) is 18.2 Å². The molecular weight excluding hydrogens is 346 g/mol. The highest BCUT2D eigenvalue weighted by Gasteiger charge is 2.19. The Morgan fingerprint density at radius 3 is 2.37 bits per heavy atom. The van der Waals surface area contributed by atoms with E-state index >= 15 is 0 Å². The van der Waals surface area contributed by atoms with E-state index in [9.17, 15) is 4.79 Å². The summed E-state index contributed by atoms with van der Waals surface area (Å²) < 4.78 is 0.